The number of allylic oxidation sites excluding steroid dienone is 4. The van der Waals surface area contributed by atoms with E-state index in [9.17, 15) is 15.3 Å². The van der Waals surface area contributed by atoms with Gasteiger partial charge in [0.15, 0.2) is 0 Å². The summed E-state index contributed by atoms with van der Waals surface area (Å²) in [6.07, 6.45) is 8.75. The van der Waals surface area contributed by atoms with E-state index in [0.717, 1.165) is 12.2 Å². The van der Waals surface area contributed by atoms with E-state index >= 15 is 0 Å². The zero-order valence-electron chi connectivity index (χ0n) is 17.1. The molecule has 0 spiro atoms. The molecule has 1 aromatic carbocycles. The molecule has 0 bridgehead atoms. The van der Waals surface area contributed by atoms with Crippen LogP contribution in [0.5, 0.6) is 5.75 Å². The molecule has 1 aromatic rings. The average Bonchev–Trinajstić information content (AvgIpc) is 3.06. The molecule has 1 radical (unpaired) electrons. The molecule has 0 unspecified atom stereocenters. The fourth-order valence-electron chi connectivity index (χ4n) is 0.848. The van der Waals surface area contributed by atoms with E-state index in [-0.39, 0.29) is 21.7 Å². The molecular weight excluding hydrogens is 364 g/mol. The van der Waals surface area contributed by atoms with Gasteiger partial charge in [-0.1, -0.05) is 41.5 Å². The Kier molecular flexibility index (Phi) is 33.1. The number of ether oxygens (including phenoxy) is 1. The molecule has 0 aromatic heterocycles. The quantitative estimate of drug-likeness (QED) is 0.537. The molecule has 147 valence electrons. The third-order valence-electron chi connectivity index (χ3n) is 1.51. The first-order valence-electron chi connectivity index (χ1n) is 8.32. The summed E-state index contributed by atoms with van der Waals surface area (Å²) >= 11 is 0. The van der Waals surface area contributed by atoms with Gasteiger partial charge in [-0.2, -0.15) is 24.3 Å². The third-order valence-corrected chi connectivity index (χ3v) is 1.51. The van der Waals surface area contributed by atoms with Gasteiger partial charge in [0.2, 0.25) is 0 Å². The first-order valence-corrected chi connectivity index (χ1v) is 8.32. The standard InChI is InChI=1S/C7H7O.C5H5.3C3H7O.Ti/c1-8-7-5-3-2-4-6-7;1-2-4-5-3-1;3*1-3(2)4;/h3-6H,1H3;1-3H,4H2;3*3H,1-2H3;/q5*-1;+3. The zero-order chi connectivity index (χ0) is 20.1. The van der Waals surface area contributed by atoms with Gasteiger partial charge in [0.25, 0.3) is 0 Å². The van der Waals surface area contributed by atoms with Gasteiger partial charge in [-0.05, 0) is 0 Å². The minimum absolute atomic E-state index is 0. The summed E-state index contributed by atoms with van der Waals surface area (Å²) in [7, 11) is 1.65. The van der Waals surface area contributed by atoms with Gasteiger partial charge in [0, 0.05) is 5.75 Å². The Bertz CT molecular complexity index is 369. The maximum Gasteiger partial charge on any atom is 3.00 e. The first kappa shape index (κ1) is 32.7. The van der Waals surface area contributed by atoms with Crippen molar-refractivity contribution in [3.63, 3.8) is 0 Å². The van der Waals surface area contributed by atoms with Crippen molar-refractivity contribution >= 4 is 0 Å². The minimum atomic E-state index is -0.417. The second kappa shape index (κ2) is 26.3. The fourth-order valence-corrected chi connectivity index (χ4v) is 0.848. The van der Waals surface area contributed by atoms with Crippen molar-refractivity contribution in [3.8, 4) is 5.75 Å². The molecule has 0 atom stereocenters. The van der Waals surface area contributed by atoms with Gasteiger partial charge < -0.3 is 20.1 Å². The maximum atomic E-state index is 9.53. The Morgan fingerprint density at radius 3 is 1.42 bits per heavy atom. The normalized spacial score (nSPS) is 10.2. The maximum absolute atomic E-state index is 9.53. The Morgan fingerprint density at radius 2 is 1.27 bits per heavy atom. The van der Waals surface area contributed by atoms with Gasteiger partial charge in [-0.15, -0.1) is 36.9 Å². The summed E-state index contributed by atoms with van der Waals surface area (Å²) in [5.41, 5.74) is 0. The van der Waals surface area contributed by atoms with Gasteiger partial charge in [-0.25, -0.2) is 12.2 Å². The third kappa shape index (κ3) is 56.8. The van der Waals surface area contributed by atoms with E-state index in [0.29, 0.717) is 0 Å². The molecule has 0 saturated heterocycles. The van der Waals surface area contributed by atoms with Crippen LogP contribution in [-0.4, -0.2) is 25.4 Å². The minimum Gasteiger partial charge on any atom is -0.852 e. The molecule has 4 nitrogen and oxygen atoms in total. The molecule has 1 aliphatic rings. The topological polar surface area (TPSA) is 78.4 Å². The second-order valence-electron chi connectivity index (χ2n) is 5.59. The molecule has 0 N–H and O–H groups in total. The average molecular weight is 397 g/mol. The van der Waals surface area contributed by atoms with E-state index < -0.39 is 18.3 Å². The van der Waals surface area contributed by atoms with Crippen LogP contribution >= 0.6 is 0 Å². The van der Waals surface area contributed by atoms with Crippen molar-refractivity contribution in [1.29, 1.82) is 0 Å². The summed E-state index contributed by atoms with van der Waals surface area (Å²) in [5, 5.41) is 28.6. The van der Waals surface area contributed by atoms with Gasteiger partial charge in [-0.3, -0.25) is 6.08 Å². The summed E-state index contributed by atoms with van der Waals surface area (Å²) in [6, 6.07) is 10.2. The molecule has 0 saturated carbocycles. The van der Waals surface area contributed by atoms with Crippen LogP contribution in [0, 0.1) is 12.1 Å². The predicted molar refractivity (Wildman–Crippen MR) is 98.8 cm³/mol. The van der Waals surface area contributed by atoms with Crippen LogP contribution in [0.25, 0.3) is 0 Å². The number of benzene rings is 1. The number of rotatable bonds is 1. The van der Waals surface area contributed by atoms with E-state index in [1.807, 2.05) is 36.4 Å². The summed E-state index contributed by atoms with van der Waals surface area (Å²) in [6.45, 7) is 9.67. The molecule has 0 amide bonds. The Hall–Kier alpha value is -0.906. The summed E-state index contributed by atoms with van der Waals surface area (Å²) in [5.74, 6) is 0.878. The van der Waals surface area contributed by atoms with E-state index in [2.05, 4.69) is 18.2 Å². The molecule has 0 heterocycles. The van der Waals surface area contributed by atoms with Crippen molar-refractivity contribution in [3.05, 3.63) is 54.6 Å². The van der Waals surface area contributed by atoms with Crippen LogP contribution in [0.2, 0.25) is 0 Å². The van der Waals surface area contributed by atoms with Crippen LogP contribution < -0.4 is 20.1 Å². The molecule has 5 heteroatoms. The van der Waals surface area contributed by atoms with Crippen LogP contribution in [0.4, 0.5) is 0 Å². The van der Waals surface area contributed by atoms with E-state index in [1.165, 1.54) is 0 Å². The zero-order valence-corrected chi connectivity index (χ0v) is 18.7. The second-order valence-corrected chi connectivity index (χ2v) is 5.59. The fraction of sp³-hybridized carbons (Fsp3) is 0.524. The molecular formula is C21H33O4Ti-2. The van der Waals surface area contributed by atoms with Gasteiger partial charge in [0.05, 0.1) is 7.11 Å². The predicted octanol–water partition coefficient (Wildman–Crippen LogP) is 2.06. The molecule has 2 rings (SSSR count). The summed E-state index contributed by atoms with van der Waals surface area (Å²) in [4.78, 5) is 0. The van der Waals surface area contributed by atoms with Crippen molar-refractivity contribution < 1.29 is 41.8 Å². The Morgan fingerprint density at radius 1 is 0.885 bits per heavy atom. The SMILES string of the molecule is CC(C)[O-].CC(C)[O-].CC(C)[O-].COc1cc[c-]cc1.[C-]1=CC=CC1.[Ti+3]. The largest absolute Gasteiger partial charge is 3.00 e. The molecule has 0 fully saturated rings. The van der Waals surface area contributed by atoms with Crippen molar-refractivity contribution in [1.82, 2.24) is 0 Å². The Balaban J connectivity index is -0.000000120. The number of methoxy groups -OCH3 is 1. The van der Waals surface area contributed by atoms with Crippen LogP contribution in [0.1, 0.15) is 48.0 Å². The Labute approximate surface area is 175 Å². The van der Waals surface area contributed by atoms with Crippen LogP contribution in [0.3, 0.4) is 0 Å². The van der Waals surface area contributed by atoms with E-state index in [4.69, 9.17) is 4.74 Å². The molecule has 0 aliphatic heterocycles. The van der Waals surface area contributed by atoms with Crippen molar-refractivity contribution in [2.75, 3.05) is 7.11 Å². The number of hydrogen-bond acceptors (Lipinski definition) is 4. The van der Waals surface area contributed by atoms with Crippen LogP contribution in [0.15, 0.2) is 42.5 Å². The van der Waals surface area contributed by atoms with Crippen molar-refractivity contribution in [2.24, 2.45) is 0 Å². The monoisotopic (exact) mass is 397 g/mol. The van der Waals surface area contributed by atoms with Crippen LogP contribution in [-0.2, 0) is 21.7 Å². The molecule has 26 heavy (non-hydrogen) atoms. The van der Waals surface area contributed by atoms with Gasteiger partial charge >= 0.3 is 21.7 Å². The smallest absolute Gasteiger partial charge is 0.852 e. The van der Waals surface area contributed by atoms with E-state index in [1.54, 1.807) is 48.7 Å². The number of hydrogen-bond donors (Lipinski definition) is 0. The summed E-state index contributed by atoms with van der Waals surface area (Å²) < 4.78 is 4.89. The molecule has 1 aliphatic carbocycles. The first-order chi connectivity index (χ1) is 11.6. The van der Waals surface area contributed by atoms with Gasteiger partial charge in [0.1, 0.15) is 0 Å². The van der Waals surface area contributed by atoms with Crippen molar-refractivity contribution in [2.45, 2.75) is 66.3 Å².